The first-order valence-electron chi connectivity index (χ1n) is 11.1. The maximum atomic E-state index is 12.0. The molecular weight excluding hydrogens is 368 g/mol. The minimum absolute atomic E-state index is 0.188. The minimum Gasteiger partial charge on any atom is -0.390 e. The van der Waals surface area contributed by atoms with Gasteiger partial charge in [-0.25, -0.2) is 9.97 Å². The molecule has 2 heterocycles. The summed E-state index contributed by atoms with van der Waals surface area (Å²) < 4.78 is 5.83. The van der Waals surface area contributed by atoms with Crippen molar-refractivity contribution in [2.24, 2.45) is 23.5 Å². The molecule has 1 aliphatic heterocycles. The van der Waals surface area contributed by atoms with Crippen LogP contribution in [0.2, 0.25) is 0 Å². The molecule has 4 aliphatic carbocycles. The Morgan fingerprint density at radius 2 is 2.03 bits per heavy atom. The van der Waals surface area contributed by atoms with E-state index in [9.17, 15) is 9.90 Å². The third-order valence-corrected chi connectivity index (χ3v) is 7.61. The molecular formula is C22H32N4O3. The SMILES string of the molecule is CC(C)N(c1ncc(C(N)=O)c([C@@H]2CCCO2)n1)C1C2CC3CC1CC(O)(C3)C2. The predicted molar refractivity (Wildman–Crippen MR) is 108 cm³/mol. The quantitative estimate of drug-likeness (QED) is 0.788. The van der Waals surface area contributed by atoms with Crippen molar-refractivity contribution < 1.29 is 14.6 Å². The molecule has 7 heteroatoms. The van der Waals surface area contributed by atoms with E-state index in [1.165, 1.54) is 12.8 Å². The summed E-state index contributed by atoms with van der Waals surface area (Å²) in [5.74, 6) is 1.76. The number of nitrogens with zero attached hydrogens (tertiary/aromatic N) is 3. The zero-order valence-electron chi connectivity index (χ0n) is 17.4. The van der Waals surface area contributed by atoms with Crippen molar-refractivity contribution in [2.45, 2.75) is 82.6 Å². The Hall–Kier alpha value is -1.73. The molecule has 2 unspecified atom stereocenters. The number of nitrogens with two attached hydrogens (primary N) is 1. The minimum atomic E-state index is -0.505. The van der Waals surface area contributed by atoms with Crippen LogP contribution in [0.5, 0.6) is 0 Å². The Labute approximate surface area is 172 Å². The summed E-state index contributed by atoms with van der Waals surface area (Å²) in [6.45, 7) is 5.04. The van der Waals surface area contributed by atoms with Crippen LogP contribution in [0.1, 0.15) is 80.9 Å². The van der Waals surface area contributed by atoms with Crippen LogP contribution in [-0.2, 0) is 4.74 Å². The standard InChI is InChI=1S/C22H32N4O3/c1-12(2)26(19-14-6-13-7-15(19)10-22(28,8-13)9-14)21-24-11-16(20(23)27)18(25-21)17-4-3-5-29-17/h11-15,17,19,28H,3-10H2,1-2H3,(H2,23,27)/t13?,14?,15?,17-,19?,22?/m0/s1. The van der Waals surface area contributed by atoms with Crippen LogP contribution in [0.25, 0.3) is 0 Å². The fourth-order valence-corrected chi connectivity index (χ4v) is 6.86. The molecule has 5 aliphatic rings. The summed E-state index contributed by atoms with van der Waals surface area (Å²) in [4.78, 5) is 23.8. The van der Waals surface area contributed by atoms with Gasteiger partial charge in [-0.2, -0.15) is 0 Å². The lowest BCUT2D eigenvalue weighted by molar-refractivity contribution is -0.134. The highest BCUT2D eigenvalue weighted by Crippen LogP contribution is 2.57. The zero-order valence-corrected chi connectivity index (χ0v) is 17.4. The Morgan fingerprint density at radius 3 is 2.59 bits per heavy atom. The molecule has 29 heavy (non-hydrogen) atoms. The van der Waals surface area contributed by atoms with E-state index in [-0.39, 0.29) is 12.1 Å². The molecule has 3 atom stereocenters. The number of aliphatic hydroxyl groups is 1. The van der Waals surface area contributed by atoms with Crippen LogP contribution in [0.15, 0.2) is 6.20 Å². The number of hydrogen-bond donors (Lipinski definition) is 2. The average Bonchev–Trinajstić information content (AvgIpc) is 3.17. The van der Waals surface area contributed by atoms with Crippen molar-refractivity contribution in [3.8, 4) is 0 Å². The normalized spacial score (nSPS) is 38.0. The molecule has 3 N–H and O–H groups in total. The van der Waals surface area contributed by atoms with Crippen molar-refractivity contribution in [1.82, 2.24) is 9.97 Å². The highest BCUT2D eigenvalue weighted by atomic mass is 16.5. The second-order valence-corrected chi connectivity index (χ2v) is 10.0. The number of ether oxygens (including phenoxy) is 1. The van der Waals surface area contributed by atoms with Gasteiger partial charge in [-0.15, -0.1) is 0 Å². The van der Waals surface area contributed by atoms with Crippen LogP contribution in [-0.4, -0.2) is 45.3 Å². The van der Waals surface area contributed by atoms with Crippen LogP contribution in [0.3, 0.4) is 0 Å². The molecule has 1 amide bonds. The molecule has 5 fully saturated rings. The molecule has 0 radical (unpaired) electrons. The van der Waals surface area contributed by atoms with E-state index in [1.54, 1.807) is 6.20 Å². The third kappa shape index (κ3) is 3.22. The lowest BCUT2D eigenvalue weighted by atomic mass is 9.52. The van der Waals surface area contributed by atoms with E-state index in [4.69, 9.17) is 15.5 Å². The van der Waals surface area contributed by atoms with Crippen LogP contribution in [0.4, 0.5) is 5.95 Å². The van der Waals surface area contributed by atoms with Gasteiger partial charge in [0.25, 0.3) is 5.91 Å². The smallest absolute Gasteiger partial charge is 0.252 e. The number of amides is 1. The number of aromatic nitrogens is 2. The number of rotatable bonds is 5. The molecule has 0 aromatic carbocycles. The molecule has 1 saturated heterocycles. The monoisotopic (exact) mass is 400 g/mol. The summed E-state index contributed by atoms with van der Waals surface area (Å²) in [5.41, 5.74) is 6.14. The number of primary amides is 1. The summed E-state index contributed by atoms with van der Waals surface area (Å²) in [6, 6.07) is 0.563. The molecule has 6 rings (SSSR count). The topological polar surface area (TPSA) is 102 Å². The molecule has 0 spiro atoms. The fourth-order valence-electron chi connectivity index (χ4n) is 6.86. The van der Waals surface area contributed by atoms with Crippen molar-refractivity contribution in [3.05, 3.63) is 17.5 Å². The number of carbonyl (C=O) groups is 1. The van der Waals surface area contributed by atoms with Gasteiger partial charge in [0.05, 0.1) is 16.9 Å². The number of anilines is 1. The Bertz CT molecular complexity index is 791. The second kappa shape index (κ2) is 6.91. The largest absolute Gasteiger partial charge is 0.390 e. The first kappa shape index (κ1) is 19.2. The number of hydrogen-bond acceptors (Lipinski definition) is 6. The van der Waals surface area contributed by atoms with Gasteiger partial charge >= 0.3 is 0 Å². The Morgan fingerprint density at radius 1 is 1.31 bits per heavy atom. The Balaban J connectivity index is 1.52. The summed E-state index contributed by atoms with van der Waals surface area (Å²) in [7, 11) is 0. The van der Waals surface area contributed by atoms with Gasteiger partial charge in [-0.05, 0) is 76.5 Å². The molecule has 4 saturated carbocycles. The lowest BCUT2D eigenvalue weighted by Gasteiger charge is -2.60. The van der Waals surface area contributed by atoms with Gasteiger partial charge < -0.3 is 20.5 Å². The van der Waals surface area contributed by atoms with E-state index < -0.39 is 11.5 Å². The van der Waals surface area contributed by atoms with E-state index in [1.807, 2.05) is 0 Å². The molecule has 7 nitrogen and oxygen atoms in total. The predicted octanol–water partition coefficient (Wildman–Crippen LogP) is 2.58. The van der Waals surface area contributed by atoms with Gasteiger partial charge in [0, 0.05) is 24.9 Å². The van der Waals surface area contributed by atoms with Crippen molar-refractivity contribution in [3.63, 3.8) is 0 Å². The van der Waals surface area contributed by atoms with Crippen LogP contribution in [0, 0.1) is 17.8 Å². The summed E-state index contributed by atoms with van der Waals surface area (Å²) in [6.07, 6.45) is 8.31. The van der Waals surface area contributed by atoms with E-state index in [0.29, 0.717) is 47.6 Å². The van der Waals surface area contributed by atoms with Crippen molar-refractivity contribution in [1.29, 1.82) is 0 Å². The van der Waals surface area contributed by atoms with E-state index in [2.05, 4.69) is 23.7 Å². The maximum absolute atomic E-state index is 12.0. The number of carbonyl (C=O) groups excluding carboxylic acids is 1. The summed E-state index contributed by atoms with van der Waals surface area (Å²) in [5, 5.41) is 11.0. The van der Waals surface area contributed by atoms with Crippen LogP contribution < -0.4 is 10.6 Å². The first-order chi connectivity index (χ1) is 13.8. The highest BCUT2D eigenvalue weighted by molar-refractivity contribution is 5.93. The van der Waals surface area contributed by atoms with E-state index in [0.717, 1.165) is 32.1 Å². The summed E-state index contributed by atoms with van der Waals surface area (Å²) >= 11 is 0. The maximum Gasteiger partial charge on any atom is 0.252 e. The van der Waals surface area contributed by atoms with Crippen LogP contribution >= 0.6 is 0 Å². The molecule has 158 valence electrons. The second-order valence-electron chi connectivity index (χ2n) is 10.0. The van der Waals surface area contributed by atoms with Crippen molar-refractivity contribution in [2.75, 3.05) is 11.5 Å². The molecule has 4 bridgehead atoms. The third-order valence-electron chi connectivity index (χ3n) is 7.61. The van der Waals surface area contributed by atoms with Crippen molar-refractivity contribution >= 4 is 11.9 Å². The Kier molecular flexibility index (Phi) is 4.59. The fraction of sp³-hybridized carbons (Fsp3) is 0.773. The lowest BCUT2D eigenvalue weighted by Crippen LogP contribution is -2.63. The highest BCUT2D eigenvalue weighted by Gasteiger charge is 2.56. The van der Waals surface area contributed by atoms with E-state index >= 15 is 0 Å². The molecule has 1 aromatic rings. The van der Waals surface area contributed by atoms with Gasteiger partial charge in [0.15, 0.2) is 0 Å². The first-order valence-corrected chi connectivity index (χ1v) is 11.1. The van der Waals surface area contributed by atoms with Gasteiger partial charge in [-0.3, -0.25) is 4.79 Å². The molecule has 1 aromatic heterocycles. The van der Waals surface area contributed by atoms with Gasteiger partial charge in [-0.1, -0.05) is 0 Å². The zero-order chi connectivity index (χ0) is 20.3. The average molecular weight is 401 g/mol. The van der Waals surface area contributed by atoms with Gasteiger partial charge in [0.2, 0.25) is 5.95 Å². The van der Waals surface area contributed by atoms with Gasteiger partial charge in [0.1, 0.15) is 6.10 Å².